The summed E-state index contributed by atoms with van der Waals surface area (Å²) in [7, 11) is 0. The van der Waals surface area contributed by atoms with E-state index < -0.39 is 0 Å². The number of thioether (sulfide) groups is 3. The van der Waals surface area contributed by atoms with E-state index in [0.29, 0.717) is 14.2 Å². The molecule has 4 aliphatic carbocycles. The molecule has 4 saturated carbocycles. The fourth-order valence-corrected chi connectivity index (χ4v) is 11.4. The first kappa shape index (κ1) is 18.9. The molecule has 0 nitrogen and oxygen atoms in total. The van der Waals surface area contributed by atoms with Gasteiger partial charge >= 0.3 is 0 Å². The standard InChI is InChI=1S/C16H28S6/c17-1-4-20-14-7-13-8-15(10-14,21-5-2-18)12-16(9-13,11-14)22-6-3-19/h13,17-19H,1-12H2. The molecule has 0 aromatic heterocycles. The Labute approximate surface area is 165 Å². The molecule has 22 heavy (non-hydrogen) atoms. The summed E-state index contributed by atoms with van der Waals surface area (Å²) in [6.07, 6.45) is 8.73. The van der Waals surface area contributed by atoms with Crippen molar-refractivity contribution in [1.82, 2.24) is 0 Å². The minimum Gasteiger partial charge on any atom is -0.179 e. The predicted molar refractivity (Wildman–Crippen MR) is 118 cm³/mol. The van der Waals surface area contributed by atoms with Crippen LogP contribution in [0.4, 0.5) is 0 Å². The van der Waals surface area contributed by atoms with Crippen LogP contribution in [0.1, 0.15) is 38.5 Å². The van der Waals surface area contributed by atoms with Crippen LogP contribution in [0.15, 0.2) is 0 Å². The molecular formula is C16H28S6. The predicted octanol–water partition coefficient (Wildman–Crippen LogP) is 5.19. The lowest BCUT2D eigenvalue weighted by molar-refractivity contribution is 0.0774. The van der Waals surface area contributed by atoms with Gasteiger partial charge in [0.2, 0.25) is 0 Å². The van der Waals surface area contributed by atoms with Crippen LogP contribution < -0.4 is 0 Å². The van der Waals surface area contributed by atoms with Crippen LogP contribution in [-0.2, 0) is 0 Å². The second kappa shape index (κ2) is 7.77. The van der Waals surface area contributed by atoms with Crippen LogP contribution in [-0.4, -0.2) is 48.8 Å². The average Bonchev–Trinajstić information content (AvgIpc) is 2.48. The van der Waals surface area contributed by atoms with Gasteiger partial charge in [0.05, 0.1) is 0 Å². The smallest absolute Gasteiger partial charge is 0.0189 e. The molecule has 0 aromatic rings. The molecule has 0 spiro atoms. The van der Waals surface area contributed by atoms with Gasteiger partial charge in [0, 0.05) is 31.5 Å². The number of hydrogen-bond donors (Lipinski definition) is 3. The van der Waals surface area contributed by atoms with Crippen molar-refractivity contribution in [2.75, 3.05) is 34.5 Å². The quantitative estimate of drug-likeness (QED) is 0.446. The molecule has 4 rings (SSSR count). The molecule has 0 amide bonds. The summed E-state index contributed by atoms with van der Waals surface area (Å²) in [6, 6.07) is 0. The molecule has 0 N–H and O–H groups in total. The number of rotatable bonds is 9. The van der Waals surface area contributed by atoms with Gasteiger partial charge < -0.3 is 0 Å². The van der Waals surface area contributed by atoms with Gasteiger partial charge in [-0.05, 0) is 61.7 Å². The van der Waals surface area contributed by atoms with E-state index in [1.165, 1.54) is 55.8 Å². The van der Waals surface area contributed by atoms with E-state index >= 15 is 0 Å². The van der Waals surface area contributed by atoms with E-state index in [1.807, 2.05) is 0 Å². The molecule has 0 unspecified atom stereocenters. The molecule has 0 heterocycles. The van der Waals surface area contributed by atoms with Crippen LogP contribution >= 0.6 is 73.2 Å². The summed E-state index contributed by atoms with van der Waals surface area (Å²) in [5.41, 5.74) is 0. The average molecular weight is 413 g/mol. The summed E-state index contributed by atoms with van der Waals surface area (Å²) >= 11 is 20.2. The normalized spacial score (nSPS) is 43.0. The fourth-order valence-electron chi connectivity index (χ4n) is 5.45. The van der Waals surface area contributed by atoms with Crippen molar-refractivity contribution in [2.45, 2.75) is 52.8 Å². The lowest BCUT2D eigenvalue weighted by Gasteiger charge is -2.66. The SMILES string of the molecule is SCCSC12CC3CC(SCCS)(C1)CC(SCCS)(C3)C2. The second-order valence-corrected chi connectivity index (χ2v) is 13.3. The van der Waals surface area contributed by atoms with Crippen molar-refractivity contribution in [1.29, 1.82) is 0 Å². The lowest BCUT2D eigenvalue weighted by atomic mass is 9.55. The third-order valence-electron chi connectivity index (χ3n) is 5.41. The van der Waals surface area contributed by atoms with Gasteiger partial charge in [-0.15, -0.1) is 0 Å². The highest BCUT2D eigenvalue weighted by atomic mass is 32.2. The molecule has 0 radical (unpaired) electrons. The van der Waals surface area contributed by atoms with Crippen LogP contribution in [0.3, 0.4) is 0 Å². The van der Waals surface area contributed by atoms with Crippen molar-refractivity contribution in [3.05, 3.63) is 0 Å². The fraction of sp³-hybridized carbons (Fsp3) is 1.00. The molecule has 128 valence electrons. The highest BCUT2D eigenvalue weighted by Gasteiger charge is 2.63. The Hall–Kier alpha value is 2.10. The number of thiol groups is 3. The van der Waals surface area contributed by atoms with Crippen molar-refractivity contribution >= 4 is 73.2 Å². The first-order valence-corrected chi connectivity index (χ1v) is 13.2. The highest BCUT2D eigenvalue weighted by molar-refractivity contribution is 8.03. The first-order valence-electron chi connectivity index (χ1n) is 8.33. The second-order valence-electron chi connectivity index (χ2n) is 7.27. The molecular weight excluding hydrogens is 385 g/mol. The monoisotopic (exact) mass is 412 g/mol. The zero-order valence-electron chi connectivity index (χ0n) is 13.1. The van der Waals surface area contributed by atoms with Gasteiger partial charge in [0.1, 0.15) is 0 Å². The minimum absolute atomic E-state index is 0.551. The summed E-state index contributed by atoms with van der Waals surface area (Å²) in [6.45, 7) is 0. The van der Waals surface area contributed by atoms with E-state index in [1.54, 1.807) is 0 Å². The zero-order chi connectivity index (χ0) is 15.7. The molecule has 4 fully saturated rings. The zero-order valence-corrected chi connectivity index (χ0v) is 18.3. The number of hydrogen-bond acceptors (Lipinski definition) is 6. The molecule has 0 saturated heterocycles. The summed E-state index contributed by atoms with van der Waals surface area (Å²) in [5, 5.41) is 0. The summed E-state index contributed by atoms with van der Waals surface area (Å²) in [4.78, 5) is 0. The minimum atomic E-state index is 0.551. The van der Waals surface area contributed by atoms with E-state index in [-0.39, 0.29) is 0 Å². The van der Waals surface area contributed by atoms with E-state index in [4.69, 9.17) is 0 Å². The maximum absolute atomic E-state index is 4.47. The third kappa shape index (κ3) is 3.92. The molecule has 4 aliphatic rings. The third-order valence-corrected chi connectivity index (χ3v) is 11.4. The Bertz CT molecular complexity index is 322. The molecule has 0 aromatic carbocycles. The Balaban J connectivity index is 1.82. The topological polar surface area (TPSA) is 0 Å². The van der Waals surface area contributed by atoms with Gasteiger partial charge in [-0.1, -0.05) is 0 Å². The first-order chi connectivity index (χ1) is 10.6. The highest BCUT2D eigenvalue weighted by Crippen LogP contribution is 2.70. The molecule has 4 bridgehead atoms. The van der Waals surface area contributed by atoms with Gasteiger partial charge in [-0.25, -0.2) is 0 Å². The van der Waals surface area contributed by atoms with Crippen molar-refractivity contribution in [3.8, 4) is 0 Å². The van der Waals surface area contributed by atoms with Crippen molar-refractivity contribution in [2.24, 2.45) is 5.92 Å². The van der Waals surface area contributed by atoms with Crippen molar-refractivity contribution in [3.63, 3.8) is 0 Å². The summed E-state index contributed by atoms with van der Waals surface area (Å²) in [5.74, 6) is 7.67. The maximum atomic E-state index is 4.47. The lowest BCUT2D eigenvalue weighted by Crippen LogP contribution is -2.62. The Kier molecular flexibility index (Phi) is 6.67. The van der Waals surface area contributed by atoms with Gasteiger partial charge in [0.15, 0.2) is 0 Å². The largest absolute Gasteiger partial charge is 0.179 e. The van der Waals surface area contributed by atoms with Crippen LogP contribution in [0.5, 0.6) is 0 Å². The molecule has 0 aliphatic heterocycles. The molecule has 6 heteroatoms. The van der Waals surface area contributed by atoms with Gasteiger partial charge in [0.25, 0.3) is 0 Å². The maximum Gasteiger partial charge on any atom is 0.0189 e. The van der Waals surface area contributed by atoms with E-state index in [2.05, 4.69) is 73.2 Å². The Morgan fingerprint density at radius 2 is 0.955 bits per heavy atom. The van der Waals surface area contributed by atoms with Crippen LogP contribution in [0, 0.1) is 5.92 Å². The van der Waals surface area contributed by atoms with Crippen LogP contribution in [0.2, 0.25) is 0 Å². The van der Waals surface area contributed by atoms with Gasteiger partial charge in [-0.3, -0.25) is 0 Å². The van der Waals surface area contributed by atoms with E-state index in [0.717, 1.165) is 23.2 Å². The Morgan fingerprint density at radius 3 is 1.23 bits per heavy atom. The van der Waals surface area contributed by atoms with Gasteiger partial charge in [-0.2, -0.15) is 73.2 Å². The van der Waals surface area contributed by atoms with Crippen molar-refractivity contribution < 1.29 is 0 Å². The van der Waals surface area contributed by atoms with E-state index in [9.17, 15) is 0 Å². The summed E-state index contributed by atoms with van der Waals surface area (Å²) < 4.78 is 1.65. The Morgan fingerprint density at radius 1 is 0.636 bits per heavy atom. The molecule has 0 atom stereocenters. The van der Waals surface area contributed by atoms with Crippen LogP contribution in [0.25, 0.3) is 0 Å².